The molecule has 0 bridgehead atoms. The number of rotatable bonds is 3. The van der Waals surface area contributed by atoms with Crippen LogP contribution in [0.2, 0.25) is 5.02 Å². The first-order valence-corrected chi connectivity index (χ1v) is 10.6. The van der Waals surface area contributed by atoms with Crippen LogP contribution < -0.4 is 10.7 Å². The highest BCUT2D eigenvalue weighted by Crippen LogP contribution is 2.38. The van der Waals surface area contributed by atoms with Crippen molar-refractivity contribution in [3.8, 4) is 0 Å². The number of thioether (sulfide) groups is 1. The molecule has 2 aromatic carbocycles. The number of fused-ring (bicyclic) bond motifs is 1. The van der Waals surface area contributed by atoms with Crippen LogP contribution in [0.15, 0.2) is 52.1 Å². The van der Waals surface area contributed by atoms with Crippen LogP contribution in [0.3, 0.4) is 0 Å². The largest absolute Gasteiger partial charge is 0.325 e. The van der Waals surface area contributed by atoms with Gasteiger partial charge in [0, 0.05) is 15.2 Å². The van der Waals surface area contributed by atoms with Crippen LogP contribution in [0.25, 0.3) is 0 Å². The summed E-state index contributed by atoms with van der Waals surface area (Å²) in [5, 5.41) is 12.2. The van der Waals surface area contributed by atoms with Gasteiger partial charge in [-0.2, -0.15) is 0 Å². The maximum Gasteiger partial charge on any atom is 0.240 e. The van der Waals surface area contributed by atoms with Crippen molar-refractivity contribution < 1.29 is 4.79 Å². The van der Waals surface area contributed by atoms with Gasteiger partial charge < -0.3 is 10.7 Å². The second-order valence-electron chi connectivity index (χ2n) is 6.51. The van der Waals surface area contributed by atoms with Gasteiger partial charge in [0.1, 0.15) is 11.1 Å². The molecule has 0 aliphatic carbocycles. The van der Waals surface area contributed by atoms with Crippen molar-refractivity contribution >= 4 is 50.9 Å². The Bertz CT molecular complexity index is 1040. The molecule has 3 aromatic rings. The maximum atomic E-state index is 13.2. The molecule has 0 fully saturated rings. The van der Waals surface area contributed by atoms with E-state index in [2.05, 4.69) is 36.9 Å². The molecule has 2 heterocycles. The van der Waals surface area contributed by atoms with Crippen LogP contribution in [-0.2, 0) is 4.79 Å². The fourth-order valence-electron chi connectivity index (χ4n) is 3.05. The highest BCUT2D eigenvalue weighted by molar-refractivity contribution is 9.10. The predicted molar refractivity (Wildman–Crippen MR) is 115 cm³/mol. The molecule has 28 heavy (non-hydrogen) atoms. The van der Waals surface area contributed by atoms with Crippen LogP contribution in [0.4, 0.5) is 5.69 Å². The summed E-state index contributed by atoms with van der Waals surface area (Å²) in [5.74, 6) is 0.638. The van der Waals surface area contributed by atoms with Crippen LogP contribution in [-0.4, -0.2) is 26.0 Å². The first kappa shape index (κ1) is 19.3. The molecule has 1 amide bonds. The van der Waals surface area contributed by atoms with E-state index in [9.17, 15) is 4.79 Å². The Labute approximate surface area is 180 Å². The van der Waals surface area contributed by atoms with Gasteiger partial charge in [0.05, 0.1) is 6.04 Å². The first-order valence-electron chi connectivity index (χ1n) is 8.60. The van der Waals surface area contributed by atoms with E-state index in [1.807, 2.05) is 61.0 Å². The minimum absolute atomic E-state index is 0.102. The molecule has 2 N–H and O–H groups in total. The second kappa shape index (κ2) is 7.77. The lowest BCUT2D eigenvalue weighted by Crippen LogP contribution is -2.41. The molecule has 0 saturated carbocycles. The third kappa shape index (κ3) is 3.76. The number of carbonyl (C=O) groups is 1. The lowest BCUT2D eigenvalue weighted by Gasteiger charge is -2.32. The predicted octanol–water partition coefficient (Wildman–Crippen LogP) is 4.71. The number of aromatic nitrogens is 3. The van der Waals surface area contributed by atoms with Crippen LogP contribution >= 0.6 is 39.3 Å². The molecule has 6 nitrogen and oxygen atoms in total. The van der Waals surface area contributed by atoms with Gasteiger partial charge in [-0.15, -0.1) is 10.2 Å². The van der Waals surface area contributed by atoms with E-state index in [-0.39, 0.29) is 11.9 Å². The molecule has 2 unspecified atom stereocenters. The second-order valence-corrected chi connectivity index (χ2v) is 8.97. The normalized spacial score (nSPS) is 18.3. The summed E-state index contributed by atoms with van der Waals surface area (Å²) in [5.41, 5.74) is 6.11. The zero-order valence-electron chi connectivity index (χ0n) is 15.1. The van der Waals surface area contributed by atoms with Gasteiger partial charge in [-0.05, 0) is 55.3 Å². The van der Waals surface area contributed by atoms with Crippen molar-refractivity contribution in [3.63, 3.8) is 0 Å². The van der Waals surface area contributed by atoms with Crippen molar-refractivity contribution in [2.45, 2.75) is 30.3 Å². The highest BCUT2D eigenvalue weighted by Gasteiger charge is 2.37. The zero-order chi connectivity index (χ0) is 19.8. The van der Waals surface area contributed by atoms with E-state index in [0.29, 0.717) is 10.2 Å². The summed E-state index contributed by atoms with van der Waals surface area (Å²) in [7, 11) is 0. The Balaban J connectivity index is 1.67. The van der Waals surface area contributed by atoms with Gasteiger partial charge in [0.2, 0.25) is 11.1 Å². The third-order valence-corrected chi connectivity index (χ3v) is 6.49. The van der Waals surface area contributed by atoms with Crippen LogP contribution in [0, 0.1) is 13.8 Å². The molecule has 1 aliphatic rings. The average Bonchev–Trinajstić information content (AvgIpc) is 3.04. The fraction of sp³-hybridized carbons (Fsp3) is 0.211. The van der Waals surface area contributed by atoms with Gasteiger partial charge in [0.15, 0.2) is 0 Å². The summed E-state index contributed by atoms with van der Waals surface area (Å²) in [6.07, 6.45) is 0. The van der Waals surface area contributed by atoms with Gasteiger partial charge in [-0.1, -0.05) is 51.4 Å². The number of anilines is 1. The number of nitrogens with zero attached hydrogens (tertiary/aromatic N) is 3. The number of nitrogens with one attached hydrogen (secondary N) is 2. The number of benzene rings is 2. The molecule has 0 saturated heterocycles. The molecule has 2 atom stereocenters. The van der Waals surface area contributed by atoms with Crippen molar-refractivity contribution in [1.82, 2.24) is 14.9 Å². The van der Waals surface area contributed by atoms with Gasteiger partial charge in [-0.3, -0.25) is 4.79 Å². The minimum atomic E-state index is -0.430. The minimum Gasteiger partial charge on any atom is -0.325 e. The van der Waals surface area contributed by atoms with E-state index >= 15 is 0 Å². The molecule has 9 heteroatoms. The molecule has 0 radical (unpaired) electrons. The molecular weight excluding hydrogens is 462 g/mol. The molecule has 1 aromatic heterocycles. The number of amides is 1. The summed E-state index contributed by atoms with van der Waals surface area (Å²) in [4.78, 5) is 13.2. The number of aryl methyl sites for hydroxylation is 2. The molecule has 0 spiro atoms. The lowest BCUT2D eigenvalue weighted by molar-refractivity contribution is -0.116. The van der Waals surface area contributed by atoms with Crippen molar-refractivity contribution in [2.75, 3.05) is 10.7 Å². The van der Waals surface area contributed by atoms with Gasteiger partial charge in [-0.25, -0.2) is 4.68 Å². The Morgan fingerprint density at radius 2 is 1.96 bits per heavy atom. The zero-order valence-corrected chi connectivity index (χ0v) is 18.3. The Morgan fingerprint density at radius 3 is 2.68 bits per heavy atom. The summed E-state index contributed by atoms with van der Waals surface area (Å²) in [6.45, 7) is 3.83. The van der Waals surface area contributed by atoms with Gasteiger partial charge in [0.25, 0.3) is 0 Å². The number of carbonyl (C=O) groups excluding carboxylic acids is 1. The quantitative estimate of drug-likeness (QED) is 0.570. The van der Waals surface area contributed by atoms with Crippen LogP contribution in [0.5, 0.6) is 0 Å². The standard InChI is InChI=1S/C19H17BrClN5OS/c1-10-9-13(20)5-8-15(10)22-18(27)17-16(12-3-6-14(21)7-4-12)25-26-11(2)23-24-19(26)28-17/h3-9,16-17,25H,1-2H3,(H,22,27). The average molecular weight is 479 g/mol. The van der Waals surface area contributed by atoms with E-state index < -0.39 is 5.25 Å². The topological polar surface area (TPSA) is 71.8 Å². The molecule has 1 aliphatic heterocycles. The Kier molecular flexibility index (Phi) is 5.35. The maximum absolute atomic E-state index is 13.2. The van der Waals surface area contributed by atoms with E-state index in [1.54, 1.807) is 0 Å². The monoisotopic (exact) mass is 477 g/mol. The summed E-state index contributed by atoms with van der Waals surface area (Å²) >= 11 is 10.9. The van der Waals surface area contributed by atoms with Crippen molar-refractivity contribution in [1.29, 1.82) is 0 Å². The number of hydrogen-bond donors (Lipinski definition) is 2. The van der Waals surface area contributed by atoms with E-state index in [4.69, 9.17) is 11.6 Å². The summed E-state index contributed by atoms with van der Waals surface area (Å²) in [6, 6.07) is 13.0. The Morgan fingerprint density at radius 1 is 1.21 bits per heavy atom. The Hall–Kier alpha value is -2.03. The van der Waals surface area contributed by atoms with E-state index in [1.165, 1.54) is 11.8 Å². The highest BCUT2D eigenvalue weighted by atomic mass is 79.9. The third-order valence-electron chi connectivity index (χ3n) is 4.53. The molecular formula is C19H17BrClN5OS. The SMILES string of the molecule is Cc1cc(Br)ccc1NC(=O)C1Sc2nnc(C)n2NC1c1ccc(Cl)cc1. The molecule has 144 valence electrons. The number of hydrogen-bond acceptors (Lipinski definition) is 5. The van der Waals surface area contributed by atoms with Crippen LogP contribution in [0.1, 0.15) is 23.0 Å². The summed E-state index contributed by atoms with van der Waals surface area (Å²) < 4.78 is 2.79. The smallest absolute Gasteiger partial charge is 0.240 e. The number of halogens is 2. The molecule has 4 rings (SSSR count). The fourth-order valence-corrected chi connectivity index (χ4v) is 4.78. The van der Waals surface area contributed by atoms with Gasteiger partial charge >= 0.3 is 0 Å². The first-order chi connectivity index (χ1) is 13.4. The lowest BCUT2D eigenvalue weighted by atomic mass is 10.0. The van der Waals surface area contributed by atoms with Crippen molar-refractivity contribution in [3.05, 3.63) is 68.9 Å². The van der Waals surface area contributed by atoms with E-state index in [0.717, 1.165) is 27.1 Å². The van der Waals surface area contributed by atoms with Crippen molar-refractivity contribution in [2.24, 2.45) is 0 Å².